The van der Waals surface area contributed by atoms with Crippen molar-refractivity contribution in [1.82, 2.24) is 9.80 Å². The van der Waals surface area contributed by atoms with Gasteiger partial charge >= 0.3 is 0 Å². The Morgan fingerprint density at radius 1 is 1.15 bits per heavy atom. The van der Waals surface area contributed by atoms with Gasteiger partial charge in [0.15, 0.2) is 0 Å². The molecule has 3 fully saturated rings. The SMILES string of the molecule is Cl.Cl.NC1C2CCC(C2)C1C(=O)N1CCN(Cc2c(F)cccc2Cl)CC1. The zero-order valence-electron chi connectivity index (χ0n) is 15.2. The van der Waals surface area contributed by atoms with E-state index in [1.807, 2.05) is 4.90 Å². The highest BCUT2D eigenvalue weighted by molar-refractivity contribution is 6.31. The molecule has 4 nitrogen and oxygen atoms in total. The maximum absolute atomic E-state index is 14.0. The number of carbonyl (C=O) groups is 1. The summed E-state index contributed by atoms with van der Waals surface area (Å²) in [6, 6.07) is 4.82. The lowest BCUT2D eigenvalue weighted by atomic mass is 9.84. The zero-order valence-corrected chi connectivity index (χ0v) is 17.5. The summed E-state index contributed by atoms with van der Waals surface area (Å²) in [7, 11) is 0. The molecule has 1 saturated heterocycles. The summed E-state index contributed by atoms with van der Waals surface area (Å²) < 4.78 is 14.0. The number of hydrogen-bond acceptors (Lipinski definition) is 3. The van der Waals surface area contributed by atoms with Gasteiger partial charge in [0.2, 0.25) is 5.91 Å². The summed E-state index contributed by atoms with van der Waals surface area (Å²) in [6.45, 7) is 3.34. The number of fused-ring (bicyclic) bond motifs is 2. The van der Waals surface area contributed by atoms with Crippen LogP contribution in [0.1, 0.15) is 24.8 Å². The van der Waals surface area contributed by atoms with Gasteiger partial charge in [0, 0.05) is 49.4 Å². The average Bonchev–Trinajstić information content (AvgIpc) is 3.19. The Morgan fingerprint density at radius 2 is 1.81 bits per heavy atom. The van der Waals surface area contributed by atoms with Gasteiger partial charge in [0.25, 0.3) is 0 Å². The summed E-state index contributed by atoms with van der Waals surface area (Å²) in [5, 5.41) is 0.464. The van der Waals surface area contributed by atoms with Gasteiger partial charge in [-0.2, -0.15) is 0 Å². The first-order valence-corrected chi connectivity index (χ1v) is 9.62. The van der Waals surface area contributed by atoms with Crippen LogP contribution in [0.2, 0.25) is 5.02 Å². The van der Waals surface area contributed by atoms with E-state index in [2.05, 4.69) is 4.90 Å². The van der Waals surface area contributed by atoms with Gasteiger partial charge in [0.1, 0.15) is 5.82 Å². The molecule has 0 aromatic heterocycles. The van der Waals surface area contributed by atoms with Crippen molar-refractivity contribution in [2.24, 2.45) is 23.5 Å². The van der Waals surface area contributed by atoms with Crippen molar-refractivity contribution >= 4 is 42.3 Å². The van der Waals surface area contributed by atoms with Gasteiger partial charge in [-0.05, 0) is 43.2 Å². The Balaban J connectivity index is 0.00000131. The molecule has 4 unspecified atom stereocenters. The quantitative estimate of drug-likeness (QED) is 0.787. The molecule has 2 saturated carbocycles. The van der Waals surface area contributed by atoms with Crippen LogP contribution in [-0.2, 0) is 11.3 Å². The van der Waals surface area contributed by atoms with Crippen LogP contribution in [0.4, 0.5) is 4.39 Å². The molecule has 1 heterocycles. The van der Waals surface area contributed by atoms with Crippen LogP contribution in [0.5, 0.6) is 0 Å². The lowest BCUT2D eigenvalue weighted by molar-refractivity contribution is -0.139. The molecule has 0 radical (unpaired) electrons. The summed E-state index contributed by atoms with van der Waals surface area (Å²) >= 11 is 6.12. The lowest BCUT2D eigenvalue weighted by Gasteiger charge is -2.38. The topological polar surface area (TPSA) is 49.6 Å². The molecule has 1 aromatic carbocycles. The summed E-state index contributed by atoms with van der Waals surface area (Å²) in [5.74, 6) is 1.03. The van der Waals surface area contributed by atoms with E-state index in [1.54, 1.807) is 12.1 Å². The third kappa shape index (κ3) is 4.38. The first-order valence-electron chi connectivity index (χ1n) is 9.24. The molecule has 1 aromatic rings. The predicted octanol–water partition coefficient (Wildman–Crippen LogP) is 3.34. The van der Waals surface area contributed by atoms with E-state index >= 15 is 0 Å². The zero-order chi connectivity index (χ0) is 17.6. The minimum Gasteiger partial charge on any atom is -0.340 e. The number of benzene rings is 1. The van der Waals surface area contributed by atoms with E-state index < -0.39 is 0 Å². The number of nitrogens with two attached hydrogens (primary N) is 1. The lowest BCUT2D eigenvalue weighted by Crippen LogP contribution is -2.53. The van der Waals surface area contributed by atoms with Crippen LogP contribution in [0.3, 0.4) is 0 Å². The molecule has 1 amide bonds. The fourth-order valence-electron chi connectivity index (χ4n) is 4.95. The van der Waals surface area contributed by atoms with Gasteiger partial charge in [-0.1, -0.05) is 17.7 Å². The van der Waals surface area contributed by atoms with E-state index in [0.29, 0.717) is 42.1 Å². The maximum Gasteiger partial charge on any atom is 0.227 e. The van der Waals surface area contributed by atoms with Crippen molar-refractivity contribution in [3.63, 3.8) is 0 Å². The van der Waals surface area contributed by atoms with Crippen molar-refractivity contribution in [3.8, 4) is 0 Å². The van der Waals surface area contributed by atoms with Crippen LogP contribution in [0, 0.1) is 23.6 Å². The molecular weight excluding hydrogens is 412 g/mol. The van der Waals surface area contributed by atoms with E-state index in [9.17, 15) is 9.18 Å². The third-order valence-corrected chi connectivity index (χ3v) is 6.75. The molecular formula is C19H27Cl3FN3O. The standard InChI is InChI=1S/C19H25ClFN3O.2ClH/c20-15-2-1-3-16(21)14(15)11-23-6-8-24(9-7-23)19(25)17-12-4-5-13(10-12)18(17)22;;/h1-3,12-13,17-18H,4-11,22H2;2*1H. The second-order valence-corrected chi connectivity index (χ2v) is 8.15. The Kier molecular flexibility index (Phi) is 7.79. The number of hydrogen-bond donors (Lipinski definition) is 1. The number of rotatable bonds is 3. The van der Waals surface area contributed by atoms with Crippen molar-refractivity contribution < 1.29 is 9.18 Å². The Morgan fingerprint density at radius 3 is 2.41 bits per heavy atom. The first kappa shape index (κ1) is 22.7. The Hall–Kier alpha value is -0.590. The molecule has 3 aliphatic rings. The van der Waals surface area contributed by atoms with Gasteiger partial charge in [-0.15, -0.1) is 24.8 Å². The second-order valence-electron chi connectivity index (χ2n) is 7.74. The van der Waals surface area contributed by atoms with Gasteiger partial charge in [0.05, 0.1) is 5.92 Å². The highest BCUT2D eigenvalue weighted by atomic mass is 35.5. The maximum atomic E-state index is 14.0. The van der Waals surface area contributed by atoms with Crippen molar-refractivity contribution in [1.29, 1.82) is 0 Å². The van der Waals surface area contributed by atoms with Crippen LogP contribution in [-0.4, -0.2) is 47.9 Å². The summed E-state index contributed by atoms with van der Waals surface area (Å²) in [6.07, 6.45) is 3.47. The van der Waals surface area contributed by atoms with E-state index in [4.69, 9.17) is 17.3 Å². The second kappa shape index (κ2) is 9.27. The molecule has 8 heteroatoms. The number of carbonyl (C=O) groups excluding carboxylic acids is 1. The molecule has 1 aliphatic heterocycles. The summed E-state index contributed by atoms with van der Waals surface area (Å²) in [5.41, 5.74) is 6.86. The number of nitrogens with zero attached hydrogens (tertiary/aromatic N) is 2. The highest BCUT2D eigenvalue weighted by Gasteiger charge is 2.50. The Bertz CT molecular complexity index is 647. The van der Waals surface area contributed by atoms with Crippen LogP contribution < -0.4 is 5.73 Å². The number of amides is 1. The molecule has 152 valence electrons. The average molecular weight is 439 g/mol. The molecule has 0 spiro atoms. The smallest absolute Gasteiger partial charge is 0.227 e. The molecule has 2 bridgehead atoms. The number of piperazine rings is 1. The van der Waals surface area contributed by atoms with Gasteiger partial charge in [-0.25, -0.2) is 4.39 Å². The van der Waals surface area contributed by atoms with E-state index in [0.717, 1.165) is 25.9 Å². The largest absolute Gasteiger partial charge is 0.340 e. The van der Waals surface area contributed by atoms with E-state index in [1.165, 1.54) is 12.5 Å². The van der Waals surface area contributed by atoms with Crippen LogP contribution in [0.15, 0.2) is 18.2 Å². The van der Waals surface area contributed by atoms with Gasteiger partial charge in [-0.3, -0.25) is 9.69 Å². The molecule has 2 N–H and O–H groups in total. The number of halogens is 4. The molecule has 4 rings (SSSR count). The summed E-state index contributed by atoms with van der Waals surface area (Å²) in [4.78, 5) is 17.0. The fourth-order valence-corrected chi connectivity index (χ4v) is 5.17. The van der Waals surface area contributed by atoms with Crippen molar-refractivity contribution in [2.45, 2.75) is 31.8 Å². The van der Waals surface area contributed by atoms with Crippen LogP contribution >= 0.6 is 36.4 Å². The fraction of sp³-hybridized carbons (Fsp3) is 0.632. The highest BCUT2D eigenvalue weighted by Crippen LogP contribution is 2.48. The molecule has 4 atom stereocenters. The normalized spacial score (nSPS) is 30.0. The molecule has 2 aliphatic carbocycles. The minimum absolute atomic E-state index is 0. The van der Waals surface area contributed by atoms with E-state index in [-0.39, 0.29) is 48.5 Å². The molecule has 27 heavy (non-hydrogen) atoms. The monoisotopic (exact) mass is 437 g/mol. The Labute approximate surface area is 177 Å². The first-order chi connectivity index (χ1) is 12.0. The van der Waals surface area contributed by atoms with Gasteiger partial charge < -0.3 is 10.6 Å². The van der Waals surface area contributed by atoms with Crippen LogP contribution in [0.25, 0.3) is 0 Å². The van der Waals surface area contributed by atoms with Crippen molar-refractivity contribution in [3.05, 3.63) is 34.6 Å². The van der Waals surface area contributed by atoms with Crippen molar-refractivity contribution in [2.75, 3.05) is 26.2 Å². The predicted molar refractivity (Wildman–Crippen MR) is 110 cm³/mol. The third-order valence-electron chi connectivity index (χ3n) is 6.39. The minimum atomic E-state index is -0.265.